The normalized spacial score (nSPS) is 13.5. The van der Waals surface area contributed by atoms with Gasteiger partial charge in [0.25, 0.3) is 5.89 Å². The molecule has 33 heavy (non-hydrogen) atoms. The number of aromatic nitrogens is 7. The molecule has 0 saturated carbocycles. The summed E-state index contributed by atoms with van der Waals surface area (Å²) < 4.78 is 18.1. The van der Waals surface area contributed by atoms with Crippen molar-refractivity contribution in [3.63, 3.8) is 0 Å². The first-order valence-electron chi connectivity index (χ1n) is 10.7. The Morgan fingerprint density at radius 3 is 2.70 bits per heavy atom. The van der Waals surface area contributed by atoms with Crippen molar-refractivity contribution in [2.45, 2.75) is 32.9 Å². The van der Waals surface area contributed by atoms with Gasteiger partial charge in [0, 0.05) is 24.7 Å². The first-order chi connectivity index (χ1) is 16.1. The van der Waals surface area contributed by atoms with Crippen LogP contribution < -0.4 is 14.4 Å². The number of hydrogen-bond acceptors (Lipinski definition) is 10. The topological polar surface area (TPSA) is 117 Å². The van der Waals surface area contributed by atoms with E-state index in [2.05, 4.69) is 39.8 Å². The van der Waals surface area contributed by atoms with E-state index in [0.717, 1.165) is 43.0 Å². The minimum absolute atomic E-state index is 0.211. The van der Waals surface area contributed by atoms with Crippen molar-refractivity contribution in [2.75, 3.05) is 25.7 Å². The van der Waals surface area contributed by atoms with Crippen molar-refractivity contribution in [2.24, 2.45) is 0 Å². The molecule has 1 aromatic carbocycles. The van der Waals surface area contributed by atoms with Gasteiger partial charge in [-0.05, 0) is 31.9 Å². The lowest BCUT2D eigenvalue weighted by Gasteiger charge is -2.19. The molecule has 5 rings (SSSR count). The summed E-state index contributed by atoms with van der Waals surface area (Å²) in [6, 6.07) is 9.93. The van der Waals surface area contributed by atoms with E-state index in [1.54, 1.807) is 13.2 Å². The monoisotopic (exact) mass is 448 g/mol. The van der Waals surface area contributed by atoms with Gasteiger partial charge in [0.15, 0.2) is 11.6 Å². The van der Waals surface area contributed by atoms with Crippen molar-refractivity contribution in [3.8, 4) is 34.9 Å². The van der Waals surface area contributed by atoms with Crippen LogP contribution >= 0.6 is 0 Å². The van der Waals surface area contributed by atoms with E-state index < -0.39 is 0 Å². The molecule has 11 heteroatoms. The van der Waals surface area contributed by atoms with Crippen LogP contribution in [0.2, 0.25) is 0 Å². The summed E-state index contributed by atoms with van der Waals surface area (Å²) in [5.74, 6) is 2.86. The molecule has 170 valence electrons. The zero-order chi connectivity index (χ0) is 22.8. The Hall–Kier alpha value is -4.02. The molecule has 0 radical (unpaired) electrons. The first kappa shape index (κ1) is 20.9. The molecule has 0 saturated heterocycles. The number of benzene rings is 1. The van der Waals surface area contributed by atoms with Crippen molar-refractivity contribution in [1.82, 2.24) is 34.9 Å². The van der Waals surface area contributed by atoms with Gasteiger partial charge in [-0.3, -0.25) is 4.57 Å². The summed E-state index contributed by atoms with van der Waals surface area (Å²) in [6.45, 7) is 4.07. The van der Waals surface area contributed by atoms with E-state index in [1.165, 1.54) is 7.11 Å². The number of anilines is 1. The second-order valence-electron chi connectivity index (χ2n) is 7.77. The number of aryl methyl sites for hydroxylation is 1. The third kappa shape index (κ3) is 4.21. The Bertz CT molecular complexity index is 1250. The standard InChI is InChI=1S/C22H24N8O3/c1-14-7-6-8-15(11-14)20-24-17(28-33-20)13-29-9-4-5-10-30-19(26-27-22(29)30)16-12-18(31-2)25-21(23-16)32-3/h6-8,11-12H,4-5,9-10,13H2,1-3H3. The van der Waals surface area contributed by atoms with Crippen molar-refractivity contribution in [3.05, 3.63) is 41.7 Å². The summed E-state index contributed by atoms with van der Waals surface area (Å²) in [7, 11) is 3.06. The SMILES string of the molecule is COc1cc(-c2nnc3n2CCCCN3Cc2noc(-c3cccc(C)c3)n2)nc(OC)n1. The van der Waals surface area contributed by atoms with E-state index in [9.17, 15) is 0 Å². The number of methoxy groups -OCH3 is 2. The fourth-order valence-corrected chi connectivity index (χ4v) is 3.84. The zero-order valence-corrected chi connectivity index (χ0v) is 18.7. The fraction of sp³-hybridized carbons (Fsp3) is 0.364. The number of ether oxygens (including phenoxy) is 2. The van der Waals surface area contributed by atoms with Gasteiger partial charge in [-0.25, -0.2) is 0 Å². The molecule has 1 aliphatic rings. The molecule has 0 atom stereocenters. The summed E-state index contributed by atoms with van der Waals surface area (Å²) in [5, 5.41) is 13.1. The maximum atomic E-state index is 5.52. The van der Waals surface area contributed by atoms with Crippen LogP contribution in [0, 0.1) is 6.92 Å². The molecule has 4 heterocycles. The first-order valence-corrected chi connectivity index (χ1v) is 10.7. The Labute approximate surface area is 190 Å². The summed E-state index contributed by atoms with van der Waals surface area (Å²) in [6.07, 6.45) is 1.98. The van der Waals surface area contributed by atoms with Crippen LogP contribution in [0.15, 0.2) is 34.9 Å². The van der Waals surface area contributed by atoms with Gasteiger partial charge in [-0.2, -0.15) is 15.0 Å². The highest BCUT2D eigenvalue weighted by molar-refractivity contribution is 5.56. The highest BCUT2D eigenvalue weighted by Crippen LogP contribution is 2.28. The van der Waals surface area contributed by atoms with Gasteiger partial charge in [0.2, 0.25) is 11.8 Å². The van der Waals surface area contributed by atoms with Gasteiger partial charge >= 0.3 is 6.01 Å². The van der Waals surface area contributed by atoms with Gasteiger partial charge < -0.3 is 18.9 Å². The van der Waals surface area contributed by atoms with Crippen LogP contribution in [0.3, 0.4) is 0 Å². The maximum Gasteiger partial charge on any atom is 0.320 e. The van der Waals surface area contributed by atoms with Crippen molar-refractivity contribution in [1.29, 1.82) is 0 Å². The molecule has 0 aliphatic carbocycles. The largest absolute Gasteiger partial charge is 0.481 e. The zero-order valence-electron chi connectivity index (χ0n) is 18.7. The molecule has 1 aliphatic heterocycles. The second kappa shape index (κ2) is 8.85. The molecule has 11 nitrogen and oxygen atoms in total. The van der Waals surface area contributed by atoms with E-state index in [4.69, 9.17) is 14.0 Å². The molecule has 0 spiro atoms. The highest BCUT2D eigenvalue weighted by Gasteiger charge is 2.25. The van der Waals surface area contributed by atoms with E-state index in [0.29, 0.717) is 35.7 Å². The number of fused-ring (bicyclic) bond motifs is 1. The summed E-state index contributed by atoms with van der Waals surface area (Å²) >= 11 is 0. The smallest absolute Gasteiger partial charge is 0.320 e. The van der Waals surface area contributed by atoms with Crippen LogP contribution in [0.4, 0.5) is 5.95 Å². The molecule has 0 fully saturated rings. The highest BCUT2D eigenvalue weighted by atomic mass is 16.5. The second-order valence-corrected chi connectivity index (χ2v) is 7.77. The number of rotatable bonds is 6. The van der Waals surface area contributed by atoms with E-state index in [1.807, 2.05) is 31.2 Å². The average Bonchev–Trinajstić information content (AvgIpc) is 3.43. The predicted octanol–water partition coefficient (Wildman–Crippen LogP) is 2.91. The van der Waals surface area contributed by atoms with E-state index in [-0.39, 0.29) is 6.01 Å². The van der Waals surface area contributed by atoms with Crippen LogP contribution in [0.1, 0.15) is 24.2 Å². The Kier molecular flexibility index (Phi) is 5.59. The summed E-state index contributed by atoms with van der Waals surface area (Å²) in [4.78, 5) is 15.3. The predicted molar refractivity (Wildman–Crippen MR) is 119 cm³/mol. The van der Waals surface area contributed by atoms with Crippen LogP contribution in [-0.4, -0.2) is 55.6 Å². The van der Waals surface area contributed by atoms with Gasteiger partial charge in [-0.1, -0.05) is 22.9 Å². The molecule has 3 aromatic heterocycles. The lowest BCUT2D eigenvalue weighted by Crippen LogP contribution is -2.25. The Morgan fingerprint density at radius 2 is 1.88 bits per heavy atom. The lowest BCUT2D eigenvalue weighted by atomic mass is 10.1. The molecule has 0 N–H and O–H groups in total. The number of hydrogen-bond donors (Lipinski definition) is 0. The molecule has 0 unspecified atom stereocenters. The Balaban J connectivity index is 1.44. The van der Waals surface area contributed by atoms with Crippen molar-refractivity contribution < 1.29 is 14.0 Å². The van der Waals surface area contributed by atoms with E-state index >= 15 is 0 Å². The molecule has 0 amide bonds. The van der Waals surface area contributed by atoms with Gasteiger partial charge in [0.1, 0.15) is 5.69 Å². The van der Waals surface area contributed by atoms with Gasteiger partial charge in [0.05, 0.1) is 20.8 Å². The average molecular weight is 448 g/mol. The van der Waals surface area contributed by atoms with Crippen LogP contribution in [-0.2, 0) is 13.1 Å². The fourth-order valence-electron chi connectivity index (χ4n) is 3.84. The third-order valence-electron chi connectivity index (χ3n) is 5.44. The number of nitrogens with zero attached hydrogens (tertiary/aromatic N) is 8. The van der Waals surface area contributed by atoms with Crippen LogP contribution in [0.25, 0.3) is 23.0 Å². The lowest BCUT2D eigenvalue weighted by molar-refractivity contribution is 0.352. The van der Waals surface area contributed by atoms with Crippen LogP contribution in [0.5, 0.6) is 11.9 Å². The molecular weight excluding hydrogens is 424 g/mol. The minimum atomic E-state index is 0.211. The minimum Gasteiger partial charge on any atom is -0.481 e. The Morgan fingerprint density at radius 1 is 1.00 bits per heavy atom. The molecule has 4 aromatic rings. The summed E-state index contributed by atoms with van der Waals surface area (Å²) in [5.41, 5.74) is 2.63. The quantitative estimate of drug-likeness (QED) is 0.436. The van der Waals surface area contributed by atoms with Crippen molar-refractivity contribution >= 4 is 5.95 Å². The van der Waals surface area contributed by atoms with Gasteiger partial charge in [-0.15, -0.1) is 10.2 Å². The maximum absolute atomic E-state index is 5.52. The third-order valence-corrected chi connectivity index (χ3v) is 5.44. The molecular formula is C22H24N8O3. The molecule has 0 bridgehead atoms.